The van der Waals surface area contributed by atoms with Crippen LogP contribution >= 0.6 is 22.6 Å². The fraction of sp³-hybridized carbons (Fsp3) is 0. The van der Waals surface area contributed by atoms with Crippen molar-refractivity contribution in [1.82, 2.24) is 0 Å². The topological polar surface area (TPSA) is 72.2 Å². The van der Waals surface area contributed by atoms with Crippen LogP contribution in [0.2, 0.25) is 0 Å². The molecule has 2 rings (SSSR count). The largest absolute Gasteiger partial charge is 0.314 e. The molecular formula is C13H8FIN2O3. The number of benzene rings is 2. The first-order chi connectivity index (χ1) is 9.49. The number of hydrogen-bond donors (Lipinski definition) is 1. The van der Waals surface area contributed by atoms with Crippen LogP contribution in [-0.2, 0) is 0 Å². The van der Waals surface area contributed by atoms with Gasteiger partial charge in [0.15, 0.2) is 11.5 Å². The summed E-state index contributed by atoms with van der Waals surface area (Å²) in [6, 6.07) is 9.95. The van der Waals surface area contributed by atoms with Crippen LogP contribution in [0.25, 0.3) is 0 Å². The summed E-state index contributed by atoms with van der Waals surface area (Å²) in [7, 11) is 0. The van der Waals surface area contributed by atoms with E-state index in [4.69, 9.17) is 0 Å². The van der Waals surface area contributed by atoms with Crippen LogP contribution in [0.3, 0.4) is 0 Å². The highest BCUT2D eigenvalue weighted by Crippen LogP contribution is 2.27. The standard InChI is InChI=1S/C13H8FIN2O3/c14-10-2-1-3-11(17(19)20)12(10)16-13(18)8-4-6-9(15)7-5-8/h1-7H,(H,16,18). The molecule has 0 spiro atoms. The van der Waals surface area contributed by atoms with Crippen molar-refractivity contribution in [2.75, 3.05) is 5.32 Å². The van der Waals surface area contributed by atoms with Crippen molar-refractivity contribution in [1.29, 1.82) is 0 Å². The number of carbonyl (C=O) groups is 1. The Kier molecular flexibility index (Phi) is 4.28. The molecule has 0 aromatic heterocycles. The van der Waals surface area contributed by atoms with Crippen molar-refractivity contribution in [3.63, 3.8) is 0 Å². The monoisotopic (exact) mass is 386 g/mol. The van der Waals surface area contributed by atoms with Crippen molar-refractivity contribution in [2.45, 2.75) is 0 Å². The van der Waals surface area contributed by atoms with Crippen LogP contribution < -0.4 is 5.32 Å². The quantitative estimate of drug-likeness (QED) is 0.498. The second-order valence-electron chi connectivity index (χ2n) is 3.85. The third-order valence-electron chi connectivity index (χ3n) is 2.53. The molecule has 0 fully saturated rings. The third-order valence-corrected chi connectivity index (χ3v) is 3.25. The molecule has 0 unspecified atom stereocenters. The highest BCUT2D eigenvalue weighted by molar-refractivity contribution is 14.1. The second kappa shape index (κ2) is 5.95. The zero-order valence-electron chi connectivity index (χ0n) is 9.97. The minimum atomic E-state index is -0.849. The van der Waals surface area contributed by atoms with E-state index in [-0.39, 0.29) is 0 Å². The molecule has 0 aliphatic heterocycles. The van der Waals surface area contributed by atoms with Crippen LogP contribution in [0.5, 0.6) is 0 Å². The Balaban J connectivity index is 2.32. The van der Waals surface area contributed by atoms with Crippen molar-refractivity contribution in [3.8, 4) is 0 Å². The third kappa shape index (κ3) is 3.10. The Hall–Kier alpha value is -2.03. The maximum Gasteiger partial charge on any atom is 0.295 e. The number of nitrogens with zero attached hydrogens (tertiary/aromatic N) is 1. The van der Waals surface area contributed by atoms with Gasteiger partial charge in [-0.1, -0.05) is 6.07 Å². The Labute approximate surface area is 127 Å². The molecule has 0 aliphatic rings. The summed E-state index contributed by atoms with van der Waals surface area (Å²) in [4.78, 5) is 22.0. The molecule has 0 heterocycles. The molecule has 1 amide bonds. The van der Waals surface area contributed by atoms with Crippen molar-refractivity contribution < 1.29 is 14.1 Å². The van der Waals surface area contributed by atoms with E-state index in [0.29, 0.717) is 5.56 Å². The van der Waals surface area contributed by atoms with E-state index < -0.39 is 28.0 Å². The molecule has 0 radical (unpaired) electrons. The lowest BCUT2D eigenvalue weighted by molar-refractivity contribution is -0.384. The number of nitrogens with one attached hydrogen (secondary N) is 1. The van der Waals surface area contributed by atoms with E-state index in [1.54, 1.807) is 24.3 Å². The molecule has 0 atom stereocenters. The predicted molar refractivity (Wildman–Crippen MR) is 80.2 cm³/mol. The summed E-state index contributed by atoms with van der Waals surface area (Å²) in [5, 5.41) is 13.1. The van der Waals surface area contributed by atoms with E-state index >= 15 is 0 Å². The number of amides is 1. The first-order valence-corrected chi connectivity index (χ1v) is 6.56. The van der Waals surface area contributed by atoms with Gasteiger partial charge in [0.2, 0.25) is 0 Å². The molecule has 7 heteroatoms. The summed E-state index contributed by atoms with van der Waals surface area (Å²) in [6.07, 6.45) is 0. The van der Waals surface area contributed by atoms with Gasteiger partial charge < -0.3 is 5.32 Å². The van der Waals surface area contributed by atoms with Crippen molar-refractivity contribution >= 4 is 39.9 Å². The molecule has 102 valence electrons. The molecule has 2 aromatic carbocycles. The number of halogens is 2. The molecule has 0 saturated heterocycles. The van der Waals surface area contributed by atoms with Crippen LogP contribution in [0.4, 0.5) is 15.8 Å². The molecule has 0 aliphatic carbocycles. The Morgan fingerprint density at radius 2 is 1.85 bits per heavy atom. The van der Waals surface area contributed by atoms with Gasteiger partial charge in [0, 0.05) is 15.2 Å². The van der Waals surface area contributed by atoms with Gasteiger partial charge in [0.25, 0.3) is 11.6 Å². The number of hydrogen-bond acceptors (Lipinski definition) is 3. The minimum absolute atomic E-state index is 0.294. The molecule has 1 N–H and O–H groups in total. The van der Waals surface area contributed by atoms with E-state index in [2.05, 4.69) is 27.9 Å². The molecule has 5 nitrogen and oxygen atoms in total. The van der Waals surface area contributed by atoms with Gasteiger partial charge in [0.05, 0.1) is 4.92 Å². The average Bonchev–Trinajstić information content (AvgIpc) is 2.41. The van der Waals surface area contributed by atoms with Gasteiger partial charge in [0.1, 0.15) is 0 Å². The second-order valence-corrected chi connectivity index (χ2v) is 5.10. The molecule has 20 heavy (non-hydrogen) atoms. The SMILES string of the molecule is O=C(Nc1c(F)cccc1[N+](=O)[O-])c1ccc(I)cc1. The lowest BCUT2D eigenvalue weighted by Gasteiger charge is -2.07. The predicted octanol–water partition coefficient (Wildman–Crippen LogP) is 3.59. The van der Waals surface area contributed by atoms with Gasteiger partial charge in [-0.25, -0.2) is 4.39 Å². The van der Waals surface area contributed by atoms with Crippen molar-refractivity contribution in [3.05, 3.63) is 67.5 Å². The summed E-state index contributed by atoms with van der Waals surface area (Å²) in [6.45, 7) is 0. The summed E-state index contributed by atoms with van der Waals surface area (Å²) >= 11 is 2.08. The fourth-order valence-electron chi connectivity index (χ4n) is 1.58. The molecule has 0 saturated carbocycles. The van der Waals surface area contributed by atoms with E-state index in [1.807, 2.05) is 0 Å². The van der Waals surface area contributed by atoms with Crippen molar-refractivity contribution in [2.24, 2.45) is 0 Å². The molecule has 2 aromatic rings. The zero-order chi connectivity index (χ0) is 14.7. The molecular weight excluding hydrogens is 378 g/mol. The number of anilines is 1. The number of para-hydroxylation sites is 1. The van der Waals surface area contributed by atoms with Crippen LogP contribution in [0.15, 0.2) is 42.5 Å². The van der Waals surface area contributed by atoms with Crippen LogP contribution in [-0.4, -0.2) is 10.8 Å². The Bertz CT molecular complexity index is 674. The van der Waals surface area contributed by atoms with Crippen LogP contribution in [0, 0.1) is 19.5 Å². The first kappa shape index (κ1) is 14.4. The minimum Gasteiger partial charge on any atom is -0.314 e. The van der Waals surface area contributed by atoms with Gasteiger partial charge >= 0.3 is 0 Å². The fourth-order valence-corrected chi connectivity index (χ4v) is 1.94. The lowest BCUT2D eigenvalue weighted by Crippen LogP contribution is -2.14. The van der Waals surface area contributed by atoms with Gasteiger partial charge in [-0.2, -0.15) is 0 Å². The van der Waals surface area contributed by atoms with Crippen LogP contribution in [0.1, 0.15) is 10.4 Å². The normalized spacial score (nSPS) is 10.1. The number of nitro groups is 1. The maximum absolute atomic E-state index is 13.6. The Morgan fingerprint density at radius 3 is 2.45 bits per heavy atom. The Morgan fingerprint density at radius 1 is 1.20 bits per heavy atom. The molecule has 0 bridgehead atoms. The smallest absolute Gasteiger partial charge is 0.295 e. The summed E-state index contributed by atoms with van der Waals surface area (Å²) < 4.78 is 14.6. The highest BCUT2D eigenvalue weighted by atomic mass is 127. The first-order valence-electron chi connectivity index (χ1n) is 5.49. The van der Waals surface area contributed by atoms with Gasteiger partial charge in [-0.15, -0.1) is 0 Å². The van der Waals surface area contributed by atoms with E-state index in [9.17, 15) is 19.3 Å². The summed E-state index contributed by atoms with van der Waals surface area (Å²) in [5.74, 6) is -1.45. The average molecular weight is 386 g/mol. The zero-order valence-corrected chi connectivity index (χ0v) is 12.1. The van der Waals surface area contributed by atoms with E-state index in [1.165, 1.54) is 6.07 Å². The van der Waals surface area contributed by atoms with E-state index in [0.717, 1.165) is 15.7 Å². The van der Waals surface area contributed by atoms with Gasteiger partial charge in [-0.3, -0.25) is 14.9 Å². The number of rotatable bonds is 3. The lowest BCUT2D eigenvalue weighted by atomic mass is 10.2. The number of carbonyl (C=O) groups excluding carboxylic acids is 1. The van der Waals surface area contributed by atoms with Gasteiger partial charge in [-0.05, 0) is 52.9 Å². The maximum atomic E-state index is 13.6. The summed E-state index contributed by atoms with van der Waals surface area (Å²) in [5.41, 5.74) is -0.618. The highest BCUT2D eigenvalue weighted by Gasteiger charge is 2.20. The number of nitro benzene ring substituents is 1.